The number of carbonyl (C=O) groups is 1. The van der Waals surface area contributed by atoms with E-state index >= 15 is 0 Å². The smallest absolute Gasteiger partial charge is 0.302 e. The highest BCUT2D eigenvalue weighted by molar-refractivity contribution is 7.13. The van der Waals surface area contributed by atoms with Crippen molar-refractivity contribution in [3.8, 4) is 5.88 Å². The van der Waals surface area contributed by atoms with Crippen LogP contribution >= 0.6 is 11.3 Å². The summed E-state index contributed by atoms with van der Waals surface area (Å²) in [6.07, 6.45) is 0. The third-order valence-electron chi connectivity index (χ3n) is 2.44. The molecule has 0 aliphatic rings. The lowest BCUT2D eigenvalue weighted by molar-refractivity contribution is -0.141. The van der Waals surface area contributed by atoms with Crippen LogP contribution < -0.4 is 5.32 Å². The Morgan fingerprint density at radius 1 is 1.47 bits per heavy atom. The molecule has 0 fully saturated rings. The van der Waals surface area contributed by atoms with E-state index in [-0.39, 0.29) is 24.5 Å². The molecule has 2 rings (SSSR count). The van der Waals surface area contributed by atoms with Crippen LogP contribution in [0.3, 0.4) is 0 Å². The van der Waals surface area contributed by atoms with Crippen LogP contribution in [0.15, 0.2) is 35.7 Å². The van der Waals surface area contributed by atoms with Gasteiger partial charge >= 0.3 is 5.97 Å². The summed E-state index contributed by atoms with van der Waals surface area (Å²) >= 11 is 1.29. The van der Waals surface area contributed by atoms with Gasteiger partial charge in [-0.3, -0.25) is 4.79 Å². The number of nitrogens with zero attached hydrogens (tertiary/aromatic N) is 1. The molecule has 0 amide bonds. The third-order valence-corrected chi connectivity index (χ3v) is 3.21. The van der Waals surface area contributed by atoms with E-state index in [9.17, 15) is 9.90 Å². The zero-order valence-electron chi connectivity index (χ0n) is 10.4. The number of hydrogen-bond donors (Lipinski definition) is 2. The largest absolute Gasteiger partial charge is 0.493 e. The fraction of sp³-hybridized carbons (Fsp3) is 0.231. The Morgan fingerprint density at radius 2 is 2.21 bits per heavy atom. The average molecular weight is 278 g/mol. The number of nitrogens with one attached hydrogen (secondary N) is 1. The van der Waals surface area contributed by atoms with Crippen LogP contribution in [0, 0.1) is 0 Å². The minimum absolute atomic E-state index is 0.0215. The molecule has 1 heterocycles. The Hall–Kier alpha value is -2.08. The molecular weight excluding hydrogens is 264 g/mol. The van der Waals surface area contributed by atoms with Gasteiger partial charge in [0, 0.05) is 6.92 Å². The topological polar surface area (TPSA) is 71.5 Å². The van der Waals surface area contributed by atoms with Crippen LogP contribution in [0.2, 0.25) is 0 Å². The number of thiazole rings is 1. The molecule has 0 aliphatic heterocycles. The van der Waals surface area contributed by atoms with Gasteiger partial charge in [-0.25, -0.2) is 0 Å². The molecule has 0 saturated heterocycles. The zero-order valence-corrected chi connectivity index (χ0v) is 11.2. The number of benzene rings is 1. The van der Waals surface area contributed by atoms with Gasteiger partial charge in [-0.1, -0.05) is 30.3 Å². The minimum Gasteiger partial charge on any atom is -0.493 e. The molecule has 6 heteroatoms. The molecule has 1 aromatic heterocycles. The number of anilines is 1. The van der Waals surface area contributed by atoms with Crippen molar-refractivity contribution >= 4 is 22.4 Å². The molecule has 1 atom stereocenters. The molecule has 1 aromatic carbocycles. The van der Waals surface area contributed by atoms with Gasteiger partial charge in [-0.2, -0.15) is 4.98 Å². The van der Waals surface area contributed by atoms with Crippen molar-refractivity contribution in [2.75, 3.05) is 11.9 Å². The van der Waals surface area contributed by atoms with E-state index in [0.717, 1.165) is 5.56 Å². The van der Waals surface area contributed by atoms with Crippen LogP contribution in [0.4, 0.5) is 5.13 Å². The number of carbonyl (C=O) groups excluding carboxylic acids is 1. The molecule has 0 saturated carbocycles. The molecule has 0 radical (unpaired) electrons. The molecule has 0 unspecified atom stereocenters. The van der Waals surface area contributed by atoms with Gasteiger partial charge in [0.1, 0.15) is 6.61 Å². The molecule has 2 aromatic rings. The lowest BCUT2D eigenvalue weighted by Gasteiger charge is -2.18. The molecule has 5 nitrogen and oxygen atoms in total. The SMILES string of the molecule is CC(=O)OC[C@H](Nc1nc(O)cs1)c1ccccc1. The fourth-order valence-electron chi connectivity index (χ4n) is 1.59. The summed E-state index contributed by atoms with van der Waals surface area (Å²) in [5.41, 5.74) is 0.985. The average Bonchev–Trinajstić information content (AvgIpc) is 2.81. The Kier molecular flexibility index (Phi) is 4.35. The van der Waals surface area contributed by atoms with Crippen molar-refractivity contribution in [3.05, 3.63) is 41.3 Å². The fourth-order valence-corrected chi connectivity index (χ4v) is 2.21. The van der Waals surface area contributed by atoms with E-state index in [1.165, 1.54) is 23.6 Å². The van der Waals surface area contributed by atoms with E-state index < -0.39 is 0 Å². The Bertz CT molecular complexity index is 542. The highest BCUT2D eigenvalue weighted by atomic mass is 32.1. The number of aromatic hydroxyl groups is 1. The van der Waals surface area contributed by atoms with Crippen molar-refractivity contribution in [2.45, 2.75) is 13.0 Å². The van der Waals surface area contributed by atoms with Crippen LogP contribution in [-0.2, 0) is 9.53 Å². The number of esters is 1. The van der Waals surface area contributed by atoms with Gasteiger partial charge in [0.15, 0.2) is 5.13 Å². The minimum atomic E-state index is -0.329. The van der Waals surface area contributed by atoms with E-state index in [1.807, 2.05) is 30.3 Å². The van der Waals surface area contributed by atoms with Crippen LogP contribution in [0.25, 0.3) is 0 Å². The van der Waals surface area contributed by atoms with Crippen LogP contribution in [-0.4, -0.2) is 22.7 Å². The maximum absolute atomic E-state index is 10.9. The van der Waals surface area contributed by atoms with Gasteiger partial charge in [0.25, 0.3) is 0 Å². The quantitative estimate of drug-likeness (QED) is 0.822. The van der Waals surface area contributed by atoms with Gasteiger partial charge in [-0.05, 0) is 5.56 Å². The van der Waals surface area contributed by atoms with E-state index in [1.54, 1.807) is 0 Å². The second-order valence-electron chi connectivity index (χ2n) is 3.92. The van der Waals surface area contributed by atoms with Crippen molar-refractivity contribution < 1.29 is 14.6 Å². The first-order valence-electron chi connectivity index (χ1n) is 5.74. The summed E-state index contributed by atoms with van der Waals surface area (Å²) in [7, 11) is 0. The maximum Gasteiger partial charge on any atom is 0.302 e. The highest BCUT2D eigenvalue weighted by Gasteiger charge is 2.14. The van der Waals surface area contributed by atoms with Gasteiger partial charge < -0.3 is 15.2 Å². The zero-order chi connectivity index (χ0) is 13.7. The van der Waals surface area contributed by atoms with E-state index in [4.69, 9.17) is 4.74 Å². The lowest BCUT2D eigenvalue weighted by atomic mass is 10.1. The first kappa shape index (κ1) is 13.4. The molecule has 2 N–H and O–H groups in total. The first-order valence-corrected chi connectivity index (χ1v) is 6.62. The number of ether oxygens (including phenoxy) is 1. The molecule has 0 aliphatic carbocycles. The molecule has 0 bridgehead atoms. The second-order valence-corrected chi connectivity index (χ2v) is 4.78. The Labute approximate surface area is 114 Å². The van der Waals surface area contributed by atoms with E-state index in [2.05, 4.69) is 10.3 Å². The summed E-state index contributed by atoms with van der Waals surface area (Å²) in [6.45, 7) is 1.58. The summed E-state index contributed by atoms with van der Waals surface area (Å²) < 4.78 is 5.05. The van der Waals surface area contributed by atoms with Gasteiger partial charge in [0.2, 0.25) is 5.88 Å². The molecule has 0 spiro atoms. The highest BCUT2D eigenvalue weighted by Crippen LogP contribution is 2.25. The number of rotatable bonds is 5. The maximum atomic E-state index is 10.9. The molecule has 100 valence electrons. The predicted molar refractivity (Wildman–Crippen MR) is 73.2 cm³/mol. The number of hydrogen-bond acceptors (Lipinski definition) is 6. The summed E-state index contributed by atoms with van der Waals surface area (Å²) in [5.74, 6) is -0.350. The first-order chi connectivity index (χ1) is 9.15. The monoisotopic (exact) mass is 278 g/mol. The van der Waals surface area contributed by atoms with Crippen molar-refractivity contribution in [2.24, 2.45) is 0 Å². The van der Waals surface area contributed by atoms with Gasteiger partial charge in [0.05, 0.1) is 11.4 Å². The van der Waals surface area contributed by atoms with Crippen molar-refractivity contribution in [1.29, 1.82) is 0 Å². The predicted octanol–water partition coefficient (Wildman–Crippen LogP) is 2.57. The second kappa shape index (κ2) is 6.19. The lowest BCUT2D eigenvalue weighted by Crippen LogP contribution is -2.18. The normalized spacial score (nSPS) is 11.8. The number of aromatic nitrogens is 1. The van der Waals surface area contributed by atoms with Crippen molar-refractivity contribution in [1.82, 2.24) is 4.98 Å². The third kappa shape index (κ3) is 3.96. The molecule has 19 heavy (non-hydrogen) atoms. The summed E-state index contributed by atoms with van der Waals surface area (Å²) in [5, 5.41) is 14.5. The van der Waals surface area contributed by atoms with Gasteiger partial charge in [-0.15, -0.1) is 11.3 Å². The Morgan fingerprint density at radius 3 is 2.79 bits per heavy atom. The van der Waals surface area contributed by atoms with E-state index in [0.29, 0.717) is 5.13 Å². The summed E-state index contributed by atoms with van der Waals surface area (Å²) in [4.78, 5) is 14.9. The van der Waals surface area contributed by atoms with Crippen molar-refractivity contribution in [3.63, 3.8) is 0 Å². The summed E-state index contributed by atoms with van der Waals surface area (Å²) in [6, 6.07) is 9.43. The Balaban J connectivity index is 2.12. The standard InChI is InChI=1S/C13H14N2O3S/c1-9(16)18-7-11(10-5-3-2-4-6-10)14-13-15-12(17)8-19-13/h2-6,8,11,17H,7H2,1H3,(H,14,15)/t11-/m0/s1. The van der Waals surface area contributed by atoms with Crippen LogP contribution in [0.5, 0.6) is 5.88 Å². The molecular formula is C13H14N2O3S. The van der Waals surface area contributed by atoms with Crippen LogP contribution in [0.1, 0.15) is 18.5 Å².